The summed E-state index contributed by atoms with van der Waals surface area (Å²) in [6.07, 6.45) is 4.34. The number of hydrogen-bond donors (Lipinski definition) is 1. The maximum atomic E-state index is 12.2. The highest BCUT2D eigenvalue weighted by Crippen LogP contribution is 2.35. The summed E-state index contributed by atoms with van der Waals surface area (Å²) in [4.78, 5) is 12.2. The molecular weight excluding hydrogens is 302 g/mol. The molecule has 1 saturated carbocycles. The standard InChI is InChI=1S/C13H15BrClNO/c1-2-13(6-3-7-13)16-12(17)10-8-9(15)4-5-11(10)14/h4-5,8H,2-3,6-7H2,1H3,(H,16,17). The molecule has 2 rings (SSSR count). The van der Waals surface area contributed by atoms with E-state index in [0.29, 0.717) is 10.6 Å². The molecule has 1 amide bonds. The Kier molecular flexibility index (Phi) is 3.79. The smallest absolute Gasteiger partial charge is 0.252 e. The largest absolute Gasteiger partial charge is 0.347 e. The van der Waals surface area contributed by atoms with Gasteiger partial charge in [0.1, 0.15) is 0 Å². The maximum Gasteiger partial charge on any atom is 0.252 e. The molecule has 1 aromatic rings. The third-order valence-electron chi connectivity index (χ3n) is 3.54. The van der Waals surface area contributed by atoms with Crippen molar-refractivity contribution in [2.24, 2.45) is 0 Å². The third kappa shape index (κ3) is 2.66. The Bertz CT molecular complexity index is 438. The van der Waals surface area contributed by atoms with Crippen LogP contribution in [0.2, 0.25) is 5.02 Å². The van der Waals surface area contributed by atoms with Crippen LogP contribution in [0, 0.1) is 0 Å². The Balaban J connectivity index is 2.17. The number of amides is 1. The summed E-state index contributed by atoms with van der Waals surface area (Å²) in [5.74, 6) is -0.0408. The van der Waals surface area contributed by atoms with Crippen LogP contribution >= 0.6 is 27.5 Å². The van der Waals surface area contributed by atoms with Crippen LogP contribution in [0.4, 0.5) is 0 Å². The van der Waals surface area contributed by atoms with Crippen LogP contribution in [-0.4, -0.2) is 11.4 Å². The number of halogens is 2. The average Bonchev–Trinajstić information content (AvgIpc) is 2.26. The molecule has 1 N–H and O–H groups in total. The van der Waals surface area contributed by atoms with Gasteiger partial charge in [-0.05, 0) is 59.8 Å². The average molecular weight is 317 g/mol. The van der Waals surface area contributed by atoms with Crippen LogP contribution in [0.25, 0.3) is 0 Å². The normalized spacial score (nSPS) is 17.4. The molecule has 1 aliphatic carbocycles. The fourth-order valence-corrected chi connectivity index (χ4v) is 2.75. The van der Waals surface area contributed by atoms with Crippen LogP contribution < -0.4 is 5.32 Å². The van der Waals surface area contributed by atoms with Gasteiger partial charge in [0, 0.05) is 15.0 Å². The Hall–Kier alpha value is -0.540. The molecule has 0 aromatic heterocycles. The summed E-state index contributed by atoms with van der Waals surface area (Å²) in [5.41, 5.74) is 0.621. The van der Waals surface area contributed by atoms with Crippen molar-refractivity contribution in [1.82, 2.24) is 5.32 Å². The first-order valence-corrected chi connectivity index (χ1v) is 7.01. The van der Waals surface area contributed by atoms with Gasteiger partial charge in [0.2, 0.25) is 0 Å². The van der Waals surface area contributed by atoms with E-state index >= 15 is 0 Å². The highest BCUT2D eigenvalue weighted by atomic mass is 79.9. The zero-order valence-corrected chi connectivity index (χ0v) is 12.1. The van der Waals surface area contributed by atoms with Crippen molar-refractivity contribution < 1.29 is 4.79 Å². The van der Waals surface area contributed by atoms with Crippen molar-refractivity contribution in [2.75, 3.05) is 0 Å². The van der Waals surface area contributed by atoms with Gasteiger partial charge in [0.15, 0.2) is 0 Å². The number of nitrogens with one attached hydrogen (secondary N) is 1. The van der Waals surface area contributed by atoms with Gasteiger partial charge in [0.05, 0.1) is 5.56 Å². The molecule has 0 atom stereocenters. The lowest BCUT2D eigenvalue weighted by Crippen LogP contribution is -2.53. The fourth-order valence-electron chi connectivity index (χ4n) is 2.15. The van der Waals surface area contributed by atoms with Gasteiger partial charge < -0.3 is 5.32 Å². The molecule has 1 aliphatic rings. The Morgan fingerprint density at radius 3 is 2.76 bits per heavy atom. The molecule has 0 saturated heterocycles. The Morgan fingerprint density at radius 1 is 1.53 bits per heavy atom. The van der Waals surface area contributed by atoms with Gasteiger partial charge in [-0.25, -0.2) is 0 Å². The predicted octanol–water partition coefficient (Wildman–Crippen LogP) is 4.17. The quantitative estimate of drug-likeness (QED) is 0.891. The van der Waals surface area contributed by atoms with Crippen LogP contribution in [0.3, 0.4) is 0 Å². The molecular formula is C13H15BrClNO. The third-order valence-corrected chi connectivity index (χ3v) is 4.47. The molecule has 92 valence electrons. The Labute approximate surface area is 115 Å². The molecule has 1 fully saturated rings. The van der Waals surface area contributed by atoms with E-state index in [-0.39, 0.29) is 11.4 Å². The molecule has 1 aromatic carbocycles. The zero-order chi connectivity index (χ0) is 12.5. The summed E-state index contributed by atoms with van der Waals surface area (Å²) in [7, 11) is 0. The number of carbonyl (C=O) groups excluding carboxylic acids is 1. The van der Waals surface area contributed by atoms with Crippen molar-refractivity contribution >= 4 is 33.4 Å². The lowest BCUT2D eigenvalue weighted by molar-refractivity contribution is 0.0819. The molecule has 17 heavy (non-hydrogen) atoms. The first kappa shape index (κ1) is 12.9. The topological polar surface area (TPSA) is 29.1 Å². The van der Waals surface area contributed by atoms with Gasteiger partial charge in [0.25, 0.3) is 5.91 Å². The second-order valence-electron chi connectivity index (χ2n) is 4.57. The van der Waals surface area contributed by atoms with Crippen molar-refractivity contribution in [3.05, 3.63) is 33.3 Å². The summed E-state index contributed by atoms with van der Waals surface area (Å²) < 4.78 is 0.782. The van der Waals surface area contributed by atoms with E-state index in [0.717, 1.165) is 23.7 Å². The maximum absolute atomic E-state index is 12.2. The van der Waals surface area contributed by atoms with Gasteiger partial charge >= 0.3 is 0 Å². The monoisotopic (exact) mass is 315 g/mol. The Morgan fingerprint density at radius 2 is 2.24 bits per heavy atom. The van der Waals surface area contributed by atoms with Gasteiger partial charge in [-0.2, -0.15) is 0 Å². The first-order chi connectivity index (χ1) is 8.06. The fraction of sp³-hybridized carbons (Fsp3) is 0.462. The van der Waals surface area contributed by atoms with E-state index in [9.17, 15) is 4.79 Å². The van der Waals surface area contributed by atoms with E-state index in [1.165, 1.54) is 6.42 Å². The highest BCUT2D eigenvalue weighted by molar-refractivity contribution is 9.10. The zero-order valence-electron chi connectivity index (χ0n) is 9.72. The molecule has 2 nitrogen and oxygen atoms in total. The van der Waals surface area contributed by atoms with E-state index in [1.54, 1.807) is 18.2 Å². The lowest BCUT2D eigenvalue weighted by atomic mass is 9.74. The minimum Gasteiger partial charge on any atom is -0.347 e. The van der Waals surface area contributed by atoms with Crippen molar-refractivity contribution in [3.8, 4) is 0 Å². The number of carbonyl (C=O) groups is 1. The van der Waals surface area contributed by atoms with E-state index in [1.807, 2.05) is 0 Å². The summed E-state index contributed by atoms with van der Waals surface area (Å²) in [5, 5.41) is 3.72. The first-order valence-electron chi connectivity index (χ1n) is 5.84. The number of hydrogen-bond acceptors (Lipinski definition) is 1. The molecule has 0 aliphatic heterocycles. The summed E-state index contributed by atoms with van der Waals surface area (Å²) >= 11 is 9.29. The molecule has 0 heterocycles. The van der Waals surface area contributed by atoms with Crippen LogP contribution in [0.5, 0.6) is 0 Å². The molecule has 0 bridgehead atoms. The van der Waals surface area contributed by atoms with E-state index in [2.05, 4.69) is 28.2 Å². The molecule has 0 unspecified atom stereocenters. The molecule has 0 spiro atoms. The van der Waals surface area contributed by atoms with E-state index in [4.69, 9.17) is 11.6 Å². The van der Waals surface area contributed by atoms with Gasteiger partial charge in [-0.1, -0.05) is 18.5 Å². The molecule has 0 radical (unpaired) electrons. The predicted molar refractivity (Wildman–Crippen MR) is 73.5 cm³/mol. The summed E-state index contributed by atoms with van der Waals surface area (Å²) in [6, 6.07) is 5.26. The SMILES string of the molecule is CCC1(NC(=O)c2cc(Cl)ccc2Br)CCC1. The van der Waals surface area contributed by atoms with Crippen molar-refractivity contribution in [3.63, 3.8) is 0 Å². The van der Waals surface area contributed by atoms with Crippen molar-refractivity contribution in [2.45, 2.75) is 38.1 Å². The van der Waals surface area contributed by atoms with Gasteiger partial charge in [-0.3, -0.25) is 4.79 Å². The van der Waals surface area contributed by atoms with Crippen LogP contribution in [-0.2, 0) is 0 Å². The second-order valence-corrected chi connectivity index (χ2v) is 5.86. The minimum absolute atomic E-state index is 0.0127. The van der Waals surface area contributed by atoms with Crippen LogP contribution in [0.1, 0.15) is 43.0 Å². The lowest BCUT2D eigenvalue weighted by Gasteiger charge is -2.42. The molecule has 4 heteroatoms. The van der Waals surface area contributed by atoms with E-state index < -0.39 is 0 Å². The van der Waals surface area contributed by atoms with Crippen molar-refractivity contribution in [1.29, 1.82) is 0 Å². The minimum atomic E-state index is -0.0408. The second kappa shape index (κ2) is 4.99. The summed E-state index contributed by atoms with van der Waals surface area (Å²) in [6.45, 7) is 2.12. The van der Waals surface area contributed by atoms with Crippen LogP contribution in [0.15, 0.2) is 22.7 Å². The number of rotatable bonds is 3. The van der Waals surface area contributed by atoms with Gasteiger partial charge in [-0.15, -0.1) is 0 Å². The highest BCUT2D eigenvalue weighted by Gasteiger charge is 2.36. The number of benzene rings is 1.